The van der Waals surface area contributed by atoms with Gasteiger partial charge in [0, 0.05) is 36.5 Å². The zero-order valence-corrected chi connectivity index (χ0v) is 17.0. The number of hydrogen-bond acceptors (Lipinski definition) is 5. The van der Waals surface area contributed by atoms with E-state index in [1.165, 1.54) is 6.92 Å². The van der Waals surface area contributed by atoms with Crippen molar-refractivity contribution in [2.24, 2.45) is 5.92 Å². The molecule has 2 fully saturated rings. The number of H-pyrrole nitrogens is 1. The van der Waals surface area contributed by atoms with Crippen LogP contribution in [0.4, 0.5) is 0 Å². The molecule has 2 aromatic rings. The van der Waals surface area contributed by atoms with E-state index in [1.807, 2.05) is 20.0 Å². The number of phenolic OH excluding ortho intramolecular Hbond substituents is 1. The van der Waals surface area contributed by atoms with Gasteiger partial charge in [0.05, 0.1) is 11.2 Å². The molecule has 29 heavy (non-hydrogen) atoms. The van der Waals surface area contributed by atoms with E-state index in [2.05, 4.69) is 9.88 Å². The first-order valence-corrected chi connectivity index (χ1v) is 10.1. The van der Waals surface area contributed by atoms with Gasteiger partial charge in [0.15, 0.2) is 5.78 Å². The average Bonchev–Trinajstić information content (AvgIpc) is 2.83. The van der Waals surface area contributed by atoms with Crippen LogP contribution in [0.2, 0.25) is 0 Å². The zero-order valence-electron chi connectivity index (χ0n) is 17.0. The molecule has 1 aromatic heterocycles. The lowest BCUT2D eigenvalue weighted by atomic mass is 9.59. The Hall–Kier alpha value is -2.44. The number of ketones is 1. The van der Waals surface area contributed by atoms with E-state index in [9.17, 15) is 19.8 Å². The molecule has 0 amide bonds. The highest BCUT2D eigenvalue weighted by molar-refractivity contribution is 5.93. The first kappa shape index (κ1) is 18.6. The molecular formula is C23H26N2O4. The second kappa shape index (κ2) is 5.80. The maximum absolute atomic E-state index is 12.5. The van der Waals surface area contributed by atoms with E-state index in [1.54, 1.807) is 18.2 Å². The van der Waals surface area contributed by atoms with Gasteiger partial charge in [-0.15, -0.1) is 0 Å². The van der Waals surface area contributed by atoms with Crippen LogP contribution in [-0.2, 0) is 18.3 Å². The number of aliphatic hydroxyl groups is 1. The van der Waals surface area contributed by atoms with Crippen molar-refractivity contribution >= 4 is 5.78 Å². The SMILES string of the molecule is CC(=O)c1cc2c([nH]c1=O)C[C@@]1(c3cc(O)ccc3C)CC3CN(C)[C@H]3[C@]1(O)C2. The van der Waals surface area contributed by atoms with Gasteiger partial charge in [-0.3, -0.25) is 14.5 Å². The molecule has 1 unspecified atom stereocenters. The van der Waals surface area contributed by atoms with Crippen LogP contribution in [0.1, 0.15) is 46.1 Å². The summed E-state index contributed by atoms with van der Waals surface area (Å²) in [4.78, 5) is 29.5. The van der Waals surface area contributed by atoms with Gasteiger partial charge in [0.1, 0.15) is 5.75 Å². The lowest BCUT2D eigenvalue weighted by Gasteiger charge is -2.53. The van der Waals surface area contributed by atoms with Crippen molar-refractivity contribution in [3.63, 3.8) is 0 Å². The van der Waals surface area contributed by atoms with Gasteiger partial charge in [0.2, 0.25) is 0 Å². The Kier molecular flexibility index (Phi) is 3.72. The van der Waals surface area contributed by atoms with Gasteiger partial charge in [-0.05, 0) is 68.1 Å². The average molecular weight is 394 g/mol. The van der Waals surface area contributed by atoms with Gasteiger partial charge >= 0.3 is 0 Å². The van der Waals surface area contributed by atoms with E-state index in [4.69, 9.17) is 0 Å². The van der Waals surface area contributed by atoms with Gasteiger partial charge in [-0.25, -0.2) is 0 Å². The number of aromatic amines is 1. The molecule has 5 rings (SSSR count). The summed E-state index contributed by atoms with van der Waals surface area (Å²) < 4.78 is 0. The highest BCUT2D eigenvalue weighted by atomic mass is 16.3. The molecule has 3 aliphatic rings. The Bertz CT molecular complexity index is 1110. The van der Waals surface area contributed by atoms with E-state index in [0.717, 1.165) is 35.3 Å². The molecule has 0 radical (unpaired) electrons. The number of phenols is 1. The molecule has 1 aromatic carbocycles. The Labute approximate surface area is 169 Å². The van der Waals surface area contributed by atoms with Crippen LogP contribution in [0.15, 0.2) is 29.1 Å². The normalized spacial score (nSPS) is 32.8. The number of aryl methyl sites for hydroxylation is 1. The molecule has 0 bridgehead atoms. The number of aromatic hydroxyl groups is 1. The molecule has 152 valence electrons. The Morgan fingerprint density at radius 3 is 2.72 bits per heavy atom. The molecule has 1 saturated heterocycles. The first-order chi connectivity index (χ1) is 13.7. The maximum atomic E-state index is 12.5. The standard InChI is InChI=1S/C23H26N2O4/c1-12-4-5-16(27)7-18(12)22-8-15-11-25(3)20(15)23(22,29)9-14-6-17(13(2)26)21(28)24-19(14)10-22/h4-7,15,20,27,29H,8-11H2,1-3H3,(H,24,28)/t15?,20-,22-,23-/m1/s1. The van der Waals surface area contributed by atoms with Crippen molar-refractivity contribution < 1.29 is 15.0 Å². The summed E-state index contributed by atoms with van der Waals surface area (Å²) in [5.41, 5.74) is 1.74. The van der Waals surface area contributed by atoms with Crippen molar-refractivity contribution in [1.82, 2.24) is 9.88 Å². The minimum Gasteiger partial charge on any atom is -0.508 e. The highest BCUT2D eigenvalue weighted by Crippen LogP contribution is 2.61. The Balaban J connectivity index is 1.75. The van der Waals surface area contributed by atoms with Crippen LogP contribution >= 0.6 is 0 Å². The number of aromatic nitrogens is 1. The molecule has 2 aliphatic carbocycles. The Morgan fingerprint density at radius 2 is 2.03 bits per heavy atom. The number of hydrogen-bond donors (Lipinski definition) is 3. The van der Waals surface area contributed by atoms with E-state index < -0.39 is 11.0 Å². The molecule has 2 heterocycles. The lowest BCUT2D eigenvalue weighted by molar-refractivity contribution is -0.108. The minimum absolute atomic E-state index is 0.0186. The fourth-order valence-corrected chi connectivity index (χ4v) is 6.49. The van der Waals surface area contributed by atoms with Crippen molar-refractivity contribution in [3.05, 3.63) is 62.6 Å². The smallest absolute Gasteiger partial charge is 0.259 e. The third-order valence-electron chi connectivity index (χ3n) is 7.64. The van der Waals surface area contributed by atoms with Crippen molar-refractivity contribution in [3.8, 4) is 5.75 Å². The number of likely N-dealkylation sites (tertiary alicyclic amines) is 1. The molecule has 3 N–H and O–H groups in total. The number of Topliss-reactive ketones (excluding diaryl/α,β-unsaturated/α-hetero) is 1. The summed E-state index contributed by atoms with van der Waals surface area (Å²) in [6.07, 6.45) is 1.66. The summed E-state index contributed by atoms with van der Waals surface area (Å²) in [5, 5.41) is 22.5. The van der Waals surface area contributed by atoms with E-state index >= 15 is 0 Å². The molecular weight excluding hydrogens is 368 g/mol. The molecule has 6 nitrogen and oxygen atoms in total. The number of carbonyl (C=O) groups excluding carboxylic acids is 1. The second-order valence-corrected chi connectivity index (χ2v) is 9.28. The Morgan fingerprint density at radius 1 is 1.28 bits per heavy atom. The van der Waals surface area contributed by atoms with Crippen molar-refractivity contribution in [2.75, 3.05) is 13.6 Å². The molecule has 1 aliphatic heterocycles. The fourth-order valence-electron chi connectivity index (χ4n) is 6.49. The van der Waals surface area contributed by atoms with Crippen LogP contribution in [0.5, 0.6) is 5.75 Å². The summed E-state index contributed by atoms with van der Waals surface area (Å²) >= 11 is 0. The van der Waals surface area contributed by atoms with Crippen LogP contribution in [0.25, 0.3) is 0 Å². The molecule has 6 heteroatoms. The molecule has 4 atom stereocenters. The van der Waals surface area contributed by atoms with E-state index in [-0.39, 0.29) is 28.7 Å². The summed E-state index contributed by atoms with van der Waals surface area (Å²) in [6.45, 7) is 4.32. The van der Waals surface area contributed by atoms with Crippen molar-refractivity contribution in [2.45, 2.75) is 50.2 Å². The lowest BCUT2D eigenvalue weighted by Crippen LogP contribution is -2.67. The number of benzene rings is 1. The quantitative estimate of drug-likeness (QED) is 0.674. The number of fused-ring (bicyclic) bond motifs is 4. The monoisotopic (exact) mass is 394 g/mol. The predicted molar refractivity (Wildman–Crippen MR) is 108 cm³/mol. The van der Waals surface area contributed by atoms with E-state index in [0.29, 0.717) is 18.8 Å². The third kappa shape index (κ3) is 2.30. The van der Waals surface area contributed by atoms with Gasteiger partial charge in [0.25, 0.3) is 5.56 Å². The number of carbonyl (C=O) groups is 1. The predicted octanol–water partition coefficient (Wildman–Crippen LogP) is 1.69. The molecule has 0 spiro atoms. The number of rotatable bonds is 2. The van der Waals surface area contributed by atoms with Crippen LogP contribution in [-0.4, -0.2) is 51.1 Å². The second-order valence-electron chi connectivity index (χ2n) is 9.28. The first-order valence-electron chi connectivity index (χ1n) is 10.1. The fraction of sp³-hybridized carbons (Fsp3) is 0.478. The highest BCUT2D eigenvalue weighted by Gasteiger charge is 2.69. The van der Waals surface area contributed by atoms with Crippen molar-refractivity contribution in [1.29, 1.82) is 0 Å². The third-order valence-corrected chi connectivity index (χ3v) is 7.64. The van der Waals surface area contributed by atoms with Crippen LogP contribution in [0, 0.1) is 12.8 Å². The number of nitrogens with zero attached hydrogens (tertiary/aromatic N) is 1. The van der Waals surface area contributed by atoms with Crippen LogP contribution in [0.3, 0.4) is 0 Å². The van der Waals surface area contributed by atoms with Gasteiger partial charge < -0.3 is 15.2 Å². The summed E-state index contributed by atoms with van der Waals surface area (Å²) in [6, 6.07) is 7.02. The summed E-state index contributed by atoms with van der Waals surface area (Å²) in [5.74, 6) is 0.271. The number of pyridine rings is 1. The molecule has 1 saturated carbocycles. The topological polar surface area (TPSA) is 93.6 Å². The van der Waals surface area contributed by atoms with Gasteiger partial charge in [-0.1, -0.05) is 6.07 Å². The maximum Gasteiger partial charge on any atom is 0.259 e. The zero-order chi connectivity index (χ0) is 20.7. The number of likely N-dealkylation sites (N-methyl/N-ethyl adjacent to an activating group) is 1. The number of nitrogens with one attached hydrogen (secondary N) is 1. The minimum atomic E-state index is -1.04. The largest absolute Gasteiger partial charge is 0.508 e. The summed E-state index contributed by atoms with van der Waals surface area (Å²) in [7, 11) is 2.04. The van der Waals surface area contributed by atoms with Gasteiger partial charge in [-0.2, -0.15) is 0 Å². The van der Waals surface area contributed by atoms with Crippen LogP contribution < -0.4 is 5.56 Å².